The van der Waals surface area contributed by atoms with Crippen molar-refractivity contribution in [2.24, 2.45) is 5.92 Å². The van der Waals surface area contributed by atoms with Crippen LogP contribution < -0.4 is 5.32 Å². The molecule has 1 heterocycles. The van der Waals surface area contributed by atoms with Crippen LogP contribution in [0.1, 0.15) is 26.5 Å². The fourth-order valence-electron chi connectivity index (χ4n) is 2.85. The Labute approximate surface area is 150 Å². The molecule has 1 N–H and O–H groups in total. The van der Waals surface area contributed by atoms with Crippen molar-refractivity contribution in [2.75, 3.05) is 19.4 Å². The van der Waals surface area contributed by atoms with Crippen molar-refractivity contribution < 1.29 is 9.59 Å². The summed E-state index contributed by atoms with van der Waals surface area (Å²) in [5, 5.41) is 3.59. The topological polar surface area (TPSA) is 49.4 Å². The van der Waals surface area contributed by atoms with E-state index in [1.165, 1.54) is 4.88 Å². The molecular formula is C18H19ClN2O2S. The molecule has 1 aliphatic carbocycles. The van der Waals surface area contributed by atoms with Gasteiger partial charge in [-0.3, -0.25) is 9.59 Å². The number of benzene rings is 1. The summed E-state index contributed by atoms with van der Waals surface area (Å²) >= 11 is 7.41. The number of nitrogens with one attached hydrogen (secondary N) is 1. The van der Waals surface area contributed by atoms with E-state index in [2.05, 4.69) is 5.32 Å². The molecule has 4 nitrogen and oxygen atoms in total. The number of halogens is 1. The minimum Gasteiger partial charge on any atom is -0.344 e. The summed E-state index contributed by atoms with van der Waals surface area (Å²) in [6.07, 6.45) is 2.34. The van der Waals surface area contributed by atoms with Gasteiger partial charge in [-0.15, -0.1) is 11.3 Å². The molecule has 0 radical (unpaired) electrons. The minimum atomic E-state index is -0.0647. The van der Waals surface area contributed by atoms with E-state index in [0.717, 1.165) is 29.0 Å². The summed E-state index contributed by atoms with van der Waals surface area (Å²) in [6.45, 7) is 0. The van der Waals surface area contributed by atoms with Crippen LogP contribution in [-0.4, -0.2) is 30.8 Å². The maximum atomic E-state index is 12.5. The number of aryl methyl sites for hydroxylation is 1. The Bertz CT molecular complexity index is 768. The number of fused-ring (bicyclic) bond motifs is 1. The van der Waals surface area contributed by atoms with Crippen LogP contribution in [0.5, 0.6) is 0 Å². The highest BCUT2D eigenvalue weighted by atomic mass is 35.5. The number of anilines is 1. The number of nitrogens with zero attached hydrogens (tertiary/aromatic N) is 1. The molecule has 0 saturated heterocycles. The minimum absolute atomic E-state index is 0.0228. The average molecular weight is 363 g/mol. The molecule has 0 saturated carbocycles. The Morgan fingerprint density at radius 2 is 1.96 bits per heavy atom. The van der Waals surface area contributed by atoms with Crippen molar-refractivity contribution in [1.29, 1.82) is 0 Å². The van der Waals surface area contributed by atoms with Crippen LogP contribution in [0.25, 0.3) is 0 Å². The predicted molar refractivity (Wildman–Crippen MR) is 97.9 cm³/mol. The number of amides is 2. The third-order valence-electron chi connectivity index (χ3n) is 4.18. The first-order chi connectivity index (χ1) is 11.4. The summed E-state index contributed by atoms with van der Waals surface area (Å²) in [5.74, 6) is -0.0173. The first-order valence-electron chi connectivity index (χ1n) is 7.83. The van der Waals surface area contributed by atoms with Gasteiger partial charge in [-0.05, 0) is 55.2 Å². The van der Waals surface area contributed by atoms with Gasteiger partial charge >= 0.3 is 0 Å². The van der Waals surface area contributed by atoms with E-state index in [0.29, 0.717) is 11.4 Å². The molecule has 1 atom stereocenters. The zero-order valence-electron chi connectivity index (χ0n) is 13.6. The van der Waals surface area contributed by atoms with E-state index in [1.54, 1.807) is 54.6 Å². The van der Waals surface area contributed by atoms with Crippen molar-refractivity contribution in [2.45, 2.75) is 19.3 Å². The Morgan fingerprint density at radius 3 is 2.62 bits per heavy atom. The van der Waals surface area contributed by atoms with Crippen LogP contribution in [0.2, 0.25) is 5.02 Å². The predicted octanol–water partition coefficient (Wildman–Crippen LogP) is 3.85. The van der Waals surface area contributed by atoms with Gasteiger partial charge in [0.1, 0.15) is 0 Å². The third kappa shape index (κ3) is 3.62. The van der Waals surface area contributed by atoms with Gasteiger partial charge in [0.15, 0.2) is 0 Å². The fourth-order valence-corrected chi connectivity index (χ4v) is 4.21. The van der Waals surface area contributed by atoms with Crippen LogP contribution in [0, 0.1) is 5.92 Å². The fraction of sp³-hybridized carbons (Fsp3) is 0.333. The molecule has 0 spiro atoms. The quantitative estimate of drug-likeness (QED) is 0.901. The summed E-state index contributed by atoms with van der Waals surface area (Å²) in [5.41, 5.74) is 1.89. The Morgan fingerprint density at radius 1 is 1.25 bits per heavy atom. The van der Waals surface area contributed by atoms with Crippen molar-refractivity contribution >= 4 is 40.4 Å². The summed E-state index contributed by atoms with van der Waals surface area (Å²) in [7, 11) is 3.51. The Hall–Kier alpha value is -1.85. The molecule has 0 unspecified atom stereocenters. The molecule has 2 amide bonds. The van der Waals surface area contributed by atoms with Crippen molar-refractivity contribution in [3.8, 4) is 0 Å². The van der Waals surface area contributed by atoms with Crippen molar-refractivity contribution in [3.05, 3.63) is 50.7 Å². The maximum absolute atomic E-state index is 12.5. The average Bonchev–Trinajstić information content (AvgIpc) is 2.99. The second kappa shape index (κ2) is 6.95. The number of carbonyl (C=O) groups is 2. The van der Waals surface area contributed by atoms with Gasteiger partial charge < -0.3 is 10.2 Å². The number of hydrogen-bond acceptors (Lipinski definition) is 3. The largest absolute Gasteiger partial charge is 0.344 e. The highest BCUT2D eigenvalue weighted by Crippen LogP contribution is 2.33. The SMILES string of the molecule is CN(C)C(=O)c1cc2c(s1)CC[C@H](C(=O)Nc1ccc(Cl)cc1)C2. The van der Waals surface area contributed by atoms with E-state index < -0.39 is 0 Å². The van der Waals surface area contributed by atoms with E-state index >= 15 is 0 Å². The van der Waals surface area contributed by atoms with E-state index in [4.69, 9.17) is 11.6 Å². The normalized spacial score (nSPS) is 16.4. The summed E-state index contributed by atoms with van der Waals surface area (Å²) in [6, 6.07) is 9.06. The monoisotopic (exact) mass is 362 g/mol. The maximum Gasteiger partial charge on any atom is 0.263 e. The molecule has 0 fully saturated rings. The van der Waals surface area contributed by atoms with Gasteiger partial charge in [0.2, 0.25) is 5.91 Å². The highest BCUT2D eigenvalue weighted by Gasteiger charge is 2.27. The highest BCUT2D eigenvalue weighted by molar-refractivity contribution is 7.14. The molecule has 1 aromatic heterocycles. The molecule has 1 aliphatic rings. The summed E-state index contributed by atoms with van der Waals surface area (Å²) < 4.78 is 0. The van der Waals surface area contributed by atoms with Crippen LogP contribution in [-0.2, 0) is 17.6 Å². The molecule has 3 rings (SSSR count). The zero-order chi connectivity index (χ0) is 17.3. The molecule has 1 aromatic carbocycles. The van der Waals surface area contributed by atoms with Crippen LogP contribution in [0.3, 0.4) is 0 Å². The molecule has 126 valence electrons. The van der Waals surface area contributed by atoms with Crippen LogP contribution in [0.4, 0.5) is 5.69 Å². The molecule has 2 aromatic rings. The van der Waals surface area contributed by atoms with Crippen molar-refractivity contribution in [1.82, 2.24) is 4.90 Å². The molecule has 0 bridgehead atoms. The summed E-state index contributed by atoms with van der Waals surface area (Å²) in [4.78, 5) is 28.2. The number of hydrogen-bond donors (Lipinski definition) is 1. The Balaban J connectivity index is 1.69. The number of thiophene rings is 1. The van der Waals surface area contributed by atoms with Gasteiger partial charge in [0.25, 0.3) is 5.91 Å². The lowest BCUT2D eigenvalue weighted by atomic mass is 9.87. The van der Waals surface area contributed by atoms with Gasteiger partial charge in [-0.1, -0.05) is 11.6 Å². The van der Waals surface area contributed by atoms with Crippen LogP contribution in [0.15, 0.2) is 30.3 Å². The lowest BCUT2D eigenvalue weighted by molar-refractivity contribution is -0.120. The lowest BCUT2D eigenvalue weighted by Gasteiger charge is -2.21. The second-order valence-electron chi connectivity index (χ2n) is 6.19. The first-order valence-corrected chi connectivity index (χ1v) is 9.03. The van der Waals surface area contributed by atoms with Gasteiger partial charge in [-0.2, -0.15) is 0 Å². The molecular weight excluding hydrogens is 344 g/mol. The number of rotatable bonds is 3. The third-order valence-corrected chi connectivity index (χ3v) is 5.66. The van der Waals surface area contributed by atoms with Gasteiger partial charge in [0.05, 0.1) is 4.88 Å². The van der Waals surface area contributed by atoms with E-state index in [9.17, 15) is 9.59 Å². The number of carbonyl (C=O) groups excluding carboxylic acids is 2. The molecule has 0 aliphatic heterocycles. The van der Waals surface area contributed by atoms with Crippen molar-refractivity contribution in [3.63, 3.8) is 0 Å². The zero-order valence-corrected chi connectivity index (χ0v) is 15.2. The molecule has 24 heavy (non-hydrogen) atoms. The smallest absolute Gasteiger partial charge is 0.263 e. The van der Waals surface area contributed by atoms with E-state index in [1.807, 2.05) is 6.07 Å². The van der Waals surface area contributed by atoms with Gasteiger partial charge in [-0.25, -0.2) is 0 Å². The second-order valence-corrected chi connectivity index (χ2v) is 7.77. The van der Waals surface area contributed by atoms with E-state index in [-0.39, 0.29) is 17.7 Å². The van der Waals surface area contributed by atoms with Crippen LogP contribution >= 0.6 is 22.9 Å². The molecule has 6 heteroatoms. The standard InChI is InChI=1S/C18H19ClN2O2S/c1-21(2)18(23)16-10-12-9-11(3-8-15(12)24-16)17(22)20-14-6-4-13(19)5-7-14/h4-7,10-11H,3,8-9H2,1-2H3,(H,20,22)/t11-/m0/s1. The Kier molecular flexibility index (Phi) is 4.92. The first kappa shape index (κ1) is 17.0. The lowest BCUT2D eigenvalue weighted by Crippen LogP contribution is -2.27. The van der Waals surface area contributed by atoms with Gasteiger partial charge in [0, 0.05) is 35.6 Å².